The van der Waals surface area contributed by atoms with Crippen LogP contribution in [-0.2, 0) is 9.59 Å². The van der Waals surface area contributed by atoms with Crippen molar-refractivity contribution in [3.63, 3.8) is 0 Å². The Balaban J connectivity index is 1.51. The molecule has 0 fully saturated rings. The van der Waals surface area contributed by atoms with E-state index < -0.39 is 11.8 Å². The number of amides is 3. The standard InChI is InChI=1S/C36H37N3O6S/c1-22-12-17-29(23(2)18-22)38-34(40)24(3)46-28-15-13-27(14-16-28)37-36(42)30(39-35(41)26-10-8-7-9-11-26)19-25-20-31(43-4)33(45-6)32(21-25)44-5/h7-21,24H,1-6H3,(H,37,42)(H,38,40)(H,39,41)/b30-19-. The molecule has 0 saturated heterocycles. The molecule has 4 rings (SSSR count). The van der Waals surface area contributed by atoms with Gasteiger partial charge < -0.3 is 30.2 Å². The van der Waals surface area contributed by atoms with Gasteiger partial charge >= 0.3 is 0 Å². The average Bonchev–Trinajstić information content (AvgIpc) is 3.06. The van der Waals surface area contributed by atoms with Gasteiger partial charge in [-0.2, -0.15) is 0 Å². The molecular formula is C36H37N3O6S. The van der Waals surface area contributed by atoms with Gasteiger partial charge in [0.15, 0.2) is 11.5 Å². The van der Waals surface area contributed by atoms with Crippen LogP contribution in [0, 0.1) is 13.8 Å². The summed E-state index contributed by atoms with van der Waals surface area (Å²) in [5, 5.41) is 8.21. The van der Waals surface area contributed by atoms with Gasteiger partial charge in [0.2, 0.25) is 11.7 Å². The van der Waals surface area contributed by atoms with Crippen LogP contribution < -0.4 is 30.2 Å². The fourth-order valence-electron chi connectivity index (χ4n) is 4.55. The van der Waals surface area contributed by atoms with Crippen molar-refractivity contribution in [1.82, 2.24) is 5.32 Å². The molecule has 3 N–H and O–H groups in total. The summed E-state index contributed by atoms with van der Waals surface area (Å²) in [6.07, 6.45) is 1.53. The van der Waals surface area contributed by atoms with Crippen LogP contribution in [0.25, 0.3) is 6.08 Å². The molecule has 1 unspecified atom stereocenters. The summed E-state index contributed by atoms with van der Waals surface area (Å²) in [6.45, 7) is 5.82. The summed E-state index contributed by atoms with van der Waals surface area (Å²) in [6, 6.07) is 25.0. The minimum atomic E-state index is -0.542. The first-order chi connectivity index (χ1) is 22.1. The molecule has 0 saturated carbocycles. The van der Waals surface area contributed by atoms with Crippen molar-refractivity contribution in [2.75, 3.05) is 32.0 Å². The number of methoxy groups -OCH3 is 3. The van der Waals surface area contributed by atoms with Crippen molar-refractivity contribution >= 4 is 46.9 Å². The van der Waals surface area contributed by atoms with E-state index in [4.69, 9.17) is 14.2 Å². The number of carbonyl (C=O) groups is 3. The molecule has 3 amide bonds. The number of anilines is 2. The highest BCUT2D eigenvalue weighted by molar-refractivity contribution is 8.00. The number of rotatable bonds is 12. The Labute approximate surface area is 273 Å². The number of carbonyl (C=O) groups excluding carboxylic acids is 3. The first-order valence-electron chi connectivity index (χ1n) is 14.5. The van der Waals surface area contributed by atoms with Gasteiger partial charge in [-0.05, 0) is 92.6 Å². The van der Waals surface area contributed by atoms with Gasteiger partial charge in [-0.3, -0.25) is 14.4 Å². The van der Waals surface area contributed by atoms with Crippen molar-refractivity contribution in [2.45, 2.75) is 30.9 Å². The molecule has 0 aromatic heterocycles. The van der Waals surface area contributed by atoms with Crippen molar-refractivity contribution in [3.05, 3.63) is 113 Å². The predicted octanol–water partition coefficient (Wildman–Crippen LogP) is 6.86. The van der Waals surface area contributed by atoms with Crippen LogP contribution >= 0.6 is 11.8 Å². The van der Waals surface area contributed by atoms with E-state index in [1.165, 1.54) is 39.2 Å². The lowest BCUT2D eigenvalue weighted by Gasteiger charge is -2.15. The number of nitrogens with one attached hydrogen (secondary N) is 3. The predicted molar refractivity (Wildman–Crippen MR) is 183 cm³/mol. The summed E-state index contributed by atoms with van der Waals surface area (Å²) in [4.78, 5) is 40.3. The van der Waals surface area contributed by atoms with Gasteiger partial charge in [0.1, 0.15) is 5.70 Å². The molecule has 1 atom stereocenters. The number of benzene rings is 4. The summed E-state index contributed by atoms with van der Waals surface area (Å²) in [7, 11) is 4.49. The molecule has 46 heavy (non-hydrogen) atoms. The van der Waals surface area contributed by atoms with E-state index >= 15 is 0 Å². The van der Waals surface area contributed by atoms with Crippen LogP contribution in [-0.4, -0.2) is 44.3 Å². The third-order valence-corrected chi connectivity index (χ3v) is 8.07. The monoisotopic (exact) mass is 639 g/mol. The molecule has 238 valence electrons. The molecule has 4 aromatic carbocycles. The number of ether oxygens (including phenoxy) is 3. The molecular weight excluding hydrogens is 602 g/mol. The molecule has 0 bridgehead atoms. The zero-order chi connectivity index (χ0) is 33.2. The van der Waals surface area contributed by atoms with Crippen molar-refractivity contribution < 1.29 is 28.6 Å². The molecule has 0 aliphatic carbocycles. The van der Waals surface area contributed by atoms with E-state index in [0.29, 0.717) is 34.1 Å². The minimum absolute atomic E-state index is 0.00160. The van der Waals surface area contributed by atoms with E-state index in [0.717, 1.165) is 21.7 Å². The Morgan fingerprint density at radius 1 is 0.783 bits per heavy atom. The number of thioether (sulfide) groups is 1. The Kier molecular flexibility index (Phi) is 11.5. The Morgan fingerprint density at radius 2 is 1.43 bits per heavy atom. The Bertz CT molecular complexity index is 1710. The number of hydrogen-bond donors (Lipinski definition) is 3. The SMILES string of the molecule is COc1cc(/C=C(\NC(=O)c2ccccc2)C(=O)Nc2ccc(SC(C)C(=O)Nc3ccc(C)cc3C)cc2)cc(OC)c1OC. The van der Waals surface area contributed by atoms with E-state index in [2.05, 4.69) is 16.0 Å². The molecule has 9 nitrogen and oxygen atoms in total. The maximum Gasteiger partial charge on any atom is 0.272 e. The van der Waals surface area contributed by atoms with E-state index in [-0.39, 0.29) is 16.9 Å². The molecule has 0 aliphatic rings. The van der Waals surface area contributed by atoms with Crippen molar-refractivity contribution in [3.8, 4) is 17.2 Å². The largest absolute Gasteiger partial charge is 0.493 e. The first-order valence-corrected chi connectivity index (χ1v) is 15.3. The van der Waals surface area contributed by atoms with E-state index in [9.17, 15) is 14.4 Å². The van der Waals surface area contributed by atoms with Crippen LogP contribution in [0.2, 0.25) is 0 Å². The second-order valence-corrected chi connectivity index (χ2v) is 11.8. The zero-order valence-electron chi connectivity index (χ0n) is 26.6. The van der Waals surface area contributed by atoms with Gasteiger partial charge in [0, 0.05) is 21.8 Å². The summed E-state index contributed by atoms with van der Waals surface area (Å²) in [5.41, 5.74) is 4.36. The van der Waals surface area contributed by atoms with Gasteiger partial charge in [0.25, 0.3) is 11.8 Å². The summed E-state index contributed by atoms with van der Waals surface area (Å²) in [5.74, 6) is 0.0926. The van der Waals surface area contributed by atoms with Crippen molar-refractivity contribution in [1.29, 1.82) is 0 Å². The van der Waals surface area contributed by atoms with Crippen LogP contribution in [0.15, 0.2) is 95.5 Å². The highest BCUT2D eigenvalue weighted by Crippen LogP contribution is 2.38. The third-order valence-electron chi connectivity index (χ3n) is 6.96. The fraction of sp³-hybridized carbons (Fsp3) is 0.194. The lowest BCUT2D eigenvalue weighted by molar-refractivity contribution is -0.115. The minimum Gasteiger partial charge on any atom is -0.493 e. The lowest BCUT2D eigenvalue weighted by Crippen LogP contribution is -2.30. The van der Waals surface area contributed by atoms with Crippen LogP contribution in [0.4, 0.5) is 11.4 Å². The molecule has 0 spiro atoms. The maximum atomic E-state index is 13.6. The van der Waals surface area contributed by atoms with Crippen LogP contribution in [0.5, 0.6) is 17.2 Å². The van der Waals surface area contributed by atoms with E-state index in [1.807, 2.05) is 51.1 Å². The fourth-order valence-corrected chi connectivity index (χ4v) is 5.42. The topological polar surface area (TPSA) is 115 Å². The second kappa shape index (κ2) is 15.7. The summed E-state index contributed by atoms with van der Waals surface area (Å²) < 4.78 is 16.3. The molecule has 10 heteroatoms. The van der Waals surface area contributed by atoms with Gasteiger partial charge in [-0.1, -0.05) is 35.9 Å². The molecule has 0 radical (unpaired) electrons. The van der Waals surface area contributed by atoms with Crippen LogP contribution in [0.1, 0.15) is 34.0 Å². The number of aryl methyl sites for hydroxylation is 2. The molecule has 0 aliphatic heterocycles. The summed E-state index contributed by atoms with van der Waals surface area (Å²) >= 11 is 1.40. The van der Waals surface area contributed by atoms with Gasteiger partial charge in [-0.15, -0.1) is 11.8 Å². The lowest BCUT2D eigenvalue weighted by atomic mass is 10.1. The van der Waals surface area contributed by atoms with E-state index in [1.54, 1.807) is 54.6 Å². The van der Waals surface area contributed by atoms with Gasteiger partial charge in [-0.25, -0.2) is 0 Å². The number of hydrogen-bond acceptors (Lipinski definition) is 7. The quantitative estimate of drug-likeness (QED) is 0.115. The van der Waals surface area contributed by atoms with Crippen molar-refractivity contribution in [2.24, 2.45) is 0 Å². The smallest absolute Gasteiger partial charge is 0.272 e. The third kappa shape index (κ3) is 8.70. The Morgan fingerprint density at radius 3 is 2.02 bits per heavy atom. The molecule has 4 aromatic rings. The van der Waals surface area contributed by atoms with Gasteiger partial charge in [0.05, 0.1) is 26.6 Å². The highest BCUT2D eigenvalue weighted by Gasteiger charge is 2.19. The Hall–Kier alpha value is -5.22. The highest BCUT2D eigenvalue weighted by atomic mass is 32.2. The molecule has 0 heterocycles. The first kappa shape index (κ1) is 33.7. The second-order valence-electron chi connectivity index (χ2n) is 10.4. The average molecular weight is 640 g/mol. The maximum absolute atomic E-state index is 13.6. The zero-order valence-corrected chi connectivity index (χ0v) is 27.4. The normalized spacial score (nSPS) is 11.7. The van der Waals surface area contributed by atoms with Crippen LogP contribution in [0.3, 0.4) is 0 Å².